The van der Waals surface area contributed by atoms with Gasteiger partial charge in [-0.3, -0.25) is 9.59 Å². The van der Waals surface area contributed by atoms with Gasteiger partial charge in [-0.2, -0.15) is 0 Å². The van der Waals surface area contributed by atoms with Crippen LogP contribution in [0.1, 0.15) is 78.1 Å². The Bertz CT molecular complexity index is 425. The Morgan fingerprint density at radius 1 is 0.615 bits per heavy atom. The van der Waals surface area contributed by atoms with Crippen molar-refractivity contribution < 1.29 is 9.59 Å². The molecule has 3 aliphatic rings. The fourth-order valence-corrected chi connectivity index (χ4v) is 5.30. The summed E-state index contributed by atoms with van der Waals surface area (Å²) in [6.07, 6.45) is 11.6. The number of hydrogen-bond donors (Lipinski definition) is 0. The van der Waals surface area contributed by atoms with Crippen LogP contribution in [-0.4, -0.2) is 47.8 Å². The SMILES string of the molecule is CCC1CCC(C(=O)N2CCN(C(=O)C3CCC(CC)CC3)CC2)CC1. The zero-order valence-electron chi connectivity index (χ0n) is 16.9. The maximum atomic E-state index is 12.8. The molecule has 2 aliphatic carbocycles. The third-order valence-corrected chi connectivity index (χ3v) is 7.45. The topological polar surface area (TPSA) is 40.6 Å². The van der Waals surface area contributed by atoms with Gasteiger partial charge >= 0.3 is 0 Å². The van der Waals surface area contributed by atoms with Crippen molar-refractivity contribution in [2.45, 2.75) is 78.1 Å². The normalized spacial score (nSPS) is 33.2. The van der Waals surface area contributed by atoms with Gasteiger partial charge in [0, 0.05) is 38.0 Å². The molecule has 2 saturated carbocycles. The molecule has 148 valence electrons. The van der Waals surface area contributed by atoms with Gasteiger partial charge in [0.2, 0.25) is 11.8 Å². The van der Waals surface area contributed by atoms with Crippen LogP contribution in [0.4, 0.5) is 0 Å². The highest BCUT2D eigenvalue weighted by atomic mass is 16.2. The summed E-state index contributed by atoms with van der Waals surface area (Å²) in [6.45, 7) is 7.48. The highest BCUT2D eigenvalue weighted by molar-refractivity contribution is 5.81. The minimum atomic E-state index is 0.240. The van der Waals surface area contributed by atoms with E-state index in [4.69, 9.17) is 0 Å². The van der Waals surface area contributed by atoms with Crippen LogP contribution in [0.2, 0.25) is 0 Å². The molecule has 0 N–H and O–H groups in total. The van der Waals surface area contributed by atoms with Gasteiger partial charge in [0.05, 0.1) is 0 Å². The average Bonchev–Trinajstić information content (AvgIpc) is 2.73. The van der Waals surface area contributed by atoms with Crippen LogP contribution in [0.5, 0.6) is 0 Å². The van der Waals surface area contributed by atoms with Gasteiger partial charge in [-0.05, 0) is 63.2 Å². The van der Waals surface area contributed by atoms with Crippen LogP contribution in [0.15, 0.2) is 0 Å². The zero-order chi connectivity index (χ0) is 18.5. The predicted octanol–water partition coefficient (Wildman–Crippen LogP) is 4.09. The van der Waals surface area contributed by atoms with Crippen molar-refractivity contribution in [3.8, 4) is 0 Å². The molecule has 0 radical (unpaired) electrons. The van der Waals surface area contributed by atoms with E-state index in [2.05, 4.69) is 13.8 Å². The minimum Gasteiger partial charge on any atom is -0.339 e. The van der Waals surface area contributed by atoms with Gasteiger partial charge < -0.3 is 9.80 Å². The molecule has 0 atom stereocenters. The second kappa shape index (κ2) is 9.23. The first kappa shape index (κ1) is 19.7. The van der Waals surface area contributed by atoms with Crippen molar-refractivity contribution in [2.24, 2.45) is 23.7 Å². The lowest BCUT2D eigenvalue weighted by molar-refractivity contribution is -0.145. The van der Waals surface area contributed by atoms with Crippen LogP contribution in [-0.2, 0) is 9.59 Å². The summed E-state index contributed by atoms with van der Waals surface area (Å²) >= 11 is 0. The summed E-state index contributed by atoms with van der Waals surface area (Å²) < 4.78 is 0. The first-order chi connectivity index (χ1) is 12.6. The quantitative estimate of drug-likeness (QED) is 0.756. The van der Waals surface area contributed by atoms with Crippen LogP contribution < -0.4 is 0 Å². The molecule has 3 rings (SSSR count). The molecule has 1 heterocycles. The van der Waals surface area contributed by atoms with E-state index in [1.54, 1.807) is 0 Å². The second-order valence-corrected chi connectivity index (χ2v) is 8.90. The van der Waals surface area contributed by atoms with Crippen molar-refractivity contribution in [3.05, 3.63) is 0 Å². The number of amides is 2. The highest BCUT2D eigenvalue weighted by Crippen LogP contribution is 2.33. The van der Waals surface area contributed by atoms with E-state index in [1.165, 1.54) is 38.5 Å². The standard InChI is InChI=1S/C22H38N2O2/c1-3-17-5-9-19(10-6-17)21(25)23-13-15-24(16-14-23)22(26)20-11-7-18(4-2)8-12-20/h17-20H,3-16H2,1-2H3. The van der Waals surface area contributed by atoms with E-state index in [9.17, 15) is 9.59 Å². The van der Waals surface area contributed by atoms with E-state index < -0.39 is 0 Å². The Labute approximate surface area is 159 Å². The lowest BCUT2D eigenvalue weighted by atomic mass is 9.80. The van der Waals surface area contributed by atoms with E-state index in [-0.39, 0.29) is 11.8 Å². The van der Waals surface area contributed by atoms with Gasteiger partial charge in [0.15, 0.2) is 0 Å². The number of rotatable bonds is 4. The summed E-state index contributed by atoms with van der Waals surface area (Å²) in [7, 11) is 0. The molecule has 3 fully saturated rings. The molecule has 4 heteroatoms. The molecule has 1 aliphatic heterocycles. The molecule has 2 amide bonds. The molecule has 4 nitrogen and oxygen atoms in total. The minimum absolute atomic E-state index is 0.240. The second-order valence-electron chi connectivity index (χ2n) is 8.90. The highest BCUT2D eigenvalue weighted by Gasteiger charge is 2.34. The number of hydrogen-bond acceptors (Lipinski definition) is 2. The number of nitrogens with zero attached hydrogens (tertiary/aromatic N) is 2. The van der Waals surface area contributed by atoms with E-state index in [0.717, 1.165) is 63.7 Å². The van der Waals surface area contributed by atoms with E-state index in [1.807, 2.05) is 9.80 Å². The van der Waals surface area contributed by atoms with Crippen molar-refractivity contribution in [2.75, 3.05) is 26.2 Å². The maximum absolute atomic E-state index is 12.8. The van der Waals surface area contributed by atoms with Crippen LogP contribution in [0.3, 0.4) is 0 Å². The molecule has 0 aromatic rings. The van der Waals surface area contributed by atoms with Gasteiger partial charge in [0.1, 0.15) is 0 Å². The molecule has 0 unspecified atom stereocenters. The van der Waals surface area contributed by atoms with Crippen LogP contribution in [0.25, 0.3) is 0 Å². The summed E-state index contributed by atoms with van der Waals surface area (Å²) in [5.74, 6) is 2.85. The lowest BCUT2D eigenvalue weighted by Crippen LogP contribution is -2.53. The summed E-state index contributed by atoms with van der Waals surface area (Å²) in [5.41, 5.74) is 0. The maximum Gasteiger partial charge on any atom is 0.225 e. The Balaban J connectivity index is 1.42. The van der Waals surface area contributed by atoms with Gasteiger partial charge in [-0.15, -0.1) is 0 Å². The summed E-state index contributed by atoms with van der Waals surface area (Å²) in [5, 5.41) is 0. The summed E-state index contributed by atoms with van der Waals surface area (Å²) in [4.78, 5) is 29.7. The average molecular weight is 363 g/mol. The number of carbonyl (C=O) groups excluding carboxylic acids is 2. The Morgan fingerprint density at radius 2 is 0.923 bits per heavy atom. The Morgan fingerprint density at radius 3 is 1.19 bits per heavy atom. The molecule has 26 heavy (non-hydrogen) atoms. The molecular formula is C22H38N2O2. The van der Waals surface area contributed by atoms with Crippen molar-refractivity contribution in [1.82, 2.24) is 9.80 Å². The first-order valence-corrected chi connectivity index (χ1v) is 11.2. The van der Waals surface area contributed by atoms with Crippen molar-refractivity contribution in [3.63, 3.8) is 0 Å². The van der Waals surface area contributed by atoms with Crippen LogP contribution >= 0.6 is 0 Å². The smallest absolute Gasteiger partial charge is 0.225 e. The molecule has 1 saturated heterocycles. The predicted molar refractivity (Wildman–Crippen MR) is 105 cm³/mol. The first-order valence-electron chi connectivity index (χ1n) is 11.2. The lowest BCUT2D eigenvalue weighted by Gasteiger charge is -2.39. The molecular weight excluding hydrogens is 324 g/mol. The van der Waals surface area contributed by atoms with Gasteiger partial charge in [-0.25, -0.2) is 0 Å². The third kappa shape index (κ3) is 4.61. The van der Waals surface area contributed by atoms with Gasteiger partial charge in [-0.1, -0.05) is 26.7 Å². The fraction of sp³-hybridized carbons (Fsp3) is 0.909. The monoisotopic (exact) mass is 362 g/mol. The van der Waals surface area contributed by atoms with Gasteiger partial charge in [0.25, 0.3) is 0 Å². The third-order valence-electron chi connectivity index (χ3n) is 7.45. The van der Waals surface area contributed by atoms with E-state index in [0.29, 0.717) is 11.8 Å². The molecule has 0 spiro atoms. The van der Waals surface area contributed by atoms with Crippen molar-refractivity contribution in [1.29, 1.82) is 0 Å². The summed E-state index contributed by atoms with van der Waals surface area (Å²) in [6, 6.07) is 0. The van der Waals surface area contributed by atoms with Crippen LogP contribution in [0, 0.1) is 23.7 Å². The number of piperazine rings is 1. The Hall–Kier alpha value is -1.06. The van der Waals surface area contributed by atoms with E-state index >= 15 is 0 Å². The van der Waals surface area contributed by atoms with Crippen molar-refractivity contribution >= 4 is 11.8 Å². The Kier molecular flexibility index (Phi) is 6.99. The zero-order valence-corrected chi connectivity index (χ0v) is 16.9. The largest absolute Gasteiger partial charge is 0.339 e. The number of carbonyl (C=O) groups is 2. The molecule has 0 bridgehead atoms. The molecule has 0 aromatic carbocycles. The molecule has 0 aromatic heterocycles. The fourth-order valence-electron chi connectivity index (χ4n) is 5.30.